The van der Waals surface area contributed by atoms with E-state index >= 15 is 0 Å². The first kappa shape index (κ1) is 21.8. The summed E-state index contributed by atoms with van der Waals surface area (Å²) in [7, 11) is 0. The summed E-state index contributed by atoms with van der Waals surface area (Å²) in [5.74, 6) is -0.921. The van der Waals surface area contributed by atoms with Gasteiger partial charge in [0.05, 0.1) is 19.1 Å². The van der Waals surface area contributed by atoms with Crippen molar-refractivity contribution in [2.45, 2.75) is 40.3 Å². The molecule has 6 nitrogen and oxygen atoms in total. The number of Topliss-reactive ketones (excluding diaryl/α,β-unsaturated/α-hetero) is 1. The molecule has 0 saturated heterocycles. The van der Waals surface area contributed by atoms with Crippen LogP contribution in [-0.2, 0) is 20.9 Å². The summed E-state index contributed by atoms with van der Waals surface area (Å²) >= 11 is 0. The highest BCUT2D eigenvalue weighted by molar-refractivity contribution is 5.88. The van der Waals surface area contributed by atoms with Crippen LogP contribution >= 0.6 is 0 Å². The Hall–Kier alpha value is -2.28. The molecule has 0 aromatic heterocycles. The van der Waals surface area contributed by atoms with Crippen molar-refractivity contribution >= 4 is 17.6 Å². The predicted molar refractivity (Wildman–Crippen MR) is 97.8 cm³/mol. The summed E-state index contributed by atoms with van der Waals surface area (Å²) < 4.78 is 12.9. The van der Waals surface area contributed by atoms with Gasteiger partial charge in [0.1, 0.15) is 5.82 Å². The molecule has 1 aromatic rings. The van der Waals surface area contributed by atoms with E-state index in [2.05, 4.69) is 10.6 Å². The number of rotatable bonds is 10. The molecule has 0 fully saturated rings. The maximum absolute atomic E-state index is 12.9. The molecule has 0 radical (unpaired) electrons. The first-order chi connectivity index (χ1) is 12.2. The van der Waals surface area contributed by atoms with E-state index in [1.165, 1.54) is 19.1 Å². The van der Waals surface area contributed by atoms with Crippen LogP contribution in [0.4, 0.5) is 4.39 Å². The van der Waals surface area contributed by atoms with Gasteiger partial charge < -0.3 is 10.6 Å². The summed E-state index contributed by atoms with van der Waals surface area (Å²) in [6.07, 6.45) is 0. The topological polar surface area (TPSA) is 78.5 Å². The number of amides is 2. The van der Waals surface area contributed by atoms with E-state index in [0.717, 1.165) is 5.56 Å². The van der Waals surface area contributed by atoms with Crippen molar-refractivity contribution in [3.63, 3.8) is 0 Å². The van der Waals surface area contributed by atoms with Crippen LogP contribution < -0.4 is 10.6 Å². The second kappa shape index (κ2) is 10.7. The molecular weight excluding hydrogens is 337 g/mol. The molecule has 0 spiro atoms. The van der Waals surface area contributed by atoms with Crippen molar-refractivity contribution in [2.75, 3.05) is 19.6 Å². The maximum atomic E-state index is 12.9. The van der Waals surface area contributed by atoms with E-state index in [0.29, 0.717) is 13.1 Å². The number of nitrogens with one attached hydrogen (secondary N) is 2. The molecule has 2 N–H and O–H groups in total. The van der Waals surface area contributed by atoms with Crippen LogP contribution in [0, 0.1) is 11.7 Å². The zero-order valence-corrected chi connectivity index (χ0v) is 15.8. The number of carbonyl (C=O) groups is 3. The fraction of sp³-hybridized carbons (Fsp3) is 0.526. The van der Waals surface area contributed by atoms with Gasteiger partial charge >= 0.3 is 0 Å². The second-order valence-corrected chi connectivity index (χ2v) is 6.61. The van der Waals surface area contributed by atoms with Gasteiger partial charge in [0.25, 0.3) is 0 Å². The highest BCUT2D eigenvalue weighted by atomic mass is 19.1. The van der Waals surface area contributed by atoms with E-state index < -0.39 is 6.04 Å². The number of likely N-dealkylation sites (N-methyl/N-ethyl adjacent to an activating group) is 1. The zero-order chi connectivity index (χ0) is 19.7. The molecule has 1 rings (SSSR count). The minimum absolute atomic E-state index is 0.00512. The van der Waals surface area contributed by atoms with E-state index in [1.54, 1.807) is 17.0 Å². The number of ketones is 1. The maximum Gasteiger partial charge on any atom is 0.234 e. The monoisotopic (exact) mass is 365 g/mol. The Morgan fingerprint density at radius 1 is 1.08 bits per heavy atom. The van der Waals surface area contributed by atoms with Crippen molar-refractivity contribution in [2.24, 2.45) is 5.92 Å². The Bertz CT molecular complexity index is 617. The quantitative estimate of drug-likeness (QED) is 0.659. The third kappa shape index (κ3) is 7.74. The molecule has 1 aromatic carbocycles. The van der Waals surface area contributed by atoms with E-state index in [9.17, 15) is 18.8 Å². The molecule has 0 aliphatic carbocycles. The summed E-state index contributed by atoms with van der Waals surface area (Å²) in [5, 5.41) is 5.46. The molecular formula is C19H28FN3O3. The van der Waals surface area contributed by atoms with E-state index in [4.69, 9.17) is 0 Å². The second-order valence-electron chi connectivity index (χ2n) is 6.61. The van der Waals surface area contributed by atoms with Crippen LogP contribution in [0.3, 0.4) is 0 Å². The number of nitrogens with zero attached hydrogens (tertiary/aromatic N) is 1. The molecule has 0 unspecified atom stereocenters. The molecule has 0 bridgehead atoms. The van der Waals surface area contributed by atoms with Gasteiger partial charge in [0.2, 0.25) is 11.8 Å². The first-order valence-electron chi connectivity index (χ1n) is 8.76. The molecule has 2 amide bonds. The lowest BCUT2D eigenvalue weighted by Gasteiger charge is -2.23. The third-order valence-corrected chi connectivity index (χ3v) is 4.01. The number of hydrogen-bond acceptors (Lipinski definition) is 4. The van der Waals surface area contributed by atoms with E-state index in [1.807, 2.05) is 20.8 Å². The van der Waals surface area contributed by atoms with Crippen molar-refractivity contribution in [3.05, 3.63) is 35.6 Å². The average Bonchev–Trinajstić information content (AvgIpc) is 2.58. The Labute approximate surface area is 154 Å². The standard InChI is InChI=1S/C19H28FN3O3/c1-5-23(12-18(26)22-19(13(2)3)14(4)24)11-17(25)21-10-15-6-8-16(20)9-7-15/h6-9,13,19H,5,10-12H2,1-4H3,(H,21,25)(H,22,26)/t19-/m1/s1. The molecule has 0 aliphatic rings. The van der Waals surface area contributed by atoms with Gasteiger partial charge in [-0.2, -0.15) is 0 Å². The van der Waals surface area contributed by atoms with Gasteiger partial charge in [0, 0.05) is 6.54 Å². The third-order valence-electron chi connectivity index (χ3n) is 4.01. The van der Waals surface area contributed by atoms with Crippen LogP contribution in [0.25, 0.3) is 0 Å². The van der Waals surface area contributed by atoms with Crippen LogP contribution in [0.5, 0.6) is 0 Å². The van der Waals surface area contributed by atoms with Crippen molar-refractivity contribution in [1.29, 1.82) is 0 Å². The lowest BCUT2D eigenvalue weighted by molar-refractivity contribution is -0.129. The van der Waals surface area contributed by atoms with Crippen LogP contribution in [0.1, 0.15) is 33.3 Å². The van der Waals surface area contributed by atoms with Gasteiger partial charge in [0.15, 0.2) is 5.78 Å². The number of benzene rings is 1. The van der Waals surface area contributed by atoms with E-state index in [-0.39, 0.29) is 42.4 Å². The predicted octanol–water partition coefficient (Wildman–Crippen LogP) is 1.49. The number of halogens is 1. The molecule has 7 heteroatoms. The van der Waals surface area contributed by atoms with Gasteiger partial charge in [-0.15, -0.1) is 0 Å². The fourth-order valence-electron chi connectivity index (χ4n) is 2.50. The molecule has 1 atom stereocenters. The Kier molecular flexibility index (Phi) is 8.92. The normalized spacial score (nSPS) is 12.1. The van der Waals surface area contributed by atoms with Crippen molar-refractivity contribution in [3.8, 4) is 0 Å². The van der Waals surface area contributed by atoms with Crippen molar-refractivity contribution < 1.29 is 18.8 Å². The summed E-state index contributed by atoms with van der Waals surface area (Å²) in [5.41, 5.74) is 0.793. The number of hydrogen-bond donors (Lipinski definition) is 2. The fourth-order valence-corrected chi connectivity index (χ4v) is 2.50. The van der Waals surface area contributed by atoms with Crippen LogP contribution in [0.15, 0.2) is 24.3 Å². The largest absolute Gasteiger partial charge is 0.351 e. The zero-order valence-electron chi connectivity index (χ0n) is 15.8. The Morgan fingerprint density at radius 3 is 2.15 bits per heavy atom. The van der Waals surface area contributed by atoms with Crippen LogP contribution in [-0.4, -0.2) is 48.2 Å². The smallest absolute Gasteiger partial charge is 0.234 e. The summed E-state index contributed by atoms with van der Waals surface area (Å²) in [6, 6.07) is 5.37. The summed E-state index contributed by atoms with van der Waals surface area (Å²) in [6.45, 7) is 7.96. The minimum atomic E-state index is -0.520. The molecule has 0 heterocycles. The number of carbonyl (C=O) groups excluding carboxylic acids is 3. The lowest BCUT2D eigenvalue weighted by atomic mass is 10.0. The molecule has 144 valence electrons. The minimum Gasteiger partial charge on any atom is -0.351 e. The SMILES string of the molecule is CCN(CC(=O)NCc1ccc(F)cc1)CC(=O)N[C@@H](C(C)=O)C(C)C. The van der Waals surface area contributed by atoms with Gasteiger partial charge in [-0.3, -0.25) is 19.3 Å². The van der Waals surface area contributed by atoms with Crippen LogP contribution in [0.2, 0.25) is 0 Å². The lowest BCUT2D eigenvalue weighted by Crippen LogP contribution is -2.48. The molecule has 26 heavy (non-hydrogen) atoms. The van der Waals surface area contributed by atoms with Gasteiger partial charge in [-0.25, -0.2) is 4.39 Å². The average molecular weight is 365 g/mol. The molecule has 0 saturated carbocycles. The molecule has 0 aliphatic heterocycles. The van der Waals surface area contributed by atoms with Crippen molar-refractivity contribution in [1.82, 2.24) is 15.5 Å². The highest BCUT2D eigenvalue weighted by Crippen LogP contribution is 2.03. The van der Waals surface area contributed by atoms with Gasteiger partial charge in [-0.1, -0.05) is 32.9 Å². The summed E-state index contributed by atoms with van der Waals surface area (Å²) in [4.78, 5) is 37.5. The Morgan fingerprint density at radius 2 is 1.65 bits per heavy atom. The Balaban J connectivity index is 2.47. The van der Waals surface area contributed by atoms with Gasteiger partial charge in [-0.05, 0) is 37.1 Å². The highest BCUT2D eigenvalue weighted by Gasteiger charge is 2.22. The first-order valence-corrected chi connectivity index (χ1v) is 8.76.